The highest BCUT2D eigenvalue weighted by Crippen LogP contribution is 2.27. The fourth-order valence-corrected chi connectivity index (χ4v) is 0.930. The molecule has 0 radical (unpaired) electrons. The molecule has 0 aliphatic heterocycles. The summed E-state index contributed by atoms with van der Waals surface area (Å²) >= 11 is 5.74. The van der Waals surface area contributed by atoms with Gasteiger partial charge in [0.2, 0.25) is 0 Å². The number of phenols is 1. The first-order chi connectivity index (χ1) is 5.24. The van der Waals surface area contributed by atoms with Crippen LogP contribution in [0.25, 0.3) is 0 Å². The van der Waals surface area contributed by atoms with Crippen molar-refractivity contribution in [3.8, 4) is 11.5 Å². The van der Waals surface area contributed by atoms with Gasteiger partial charge in [-0.15, -0.1) is 0 Å². The molecule has 0 spiro atoms. The summed E-state index contributed by atoms with van der Waals surface area (Å²) in [5, 5.41) is 9.54. The van der Waals surface area contributed by atoms with Crippen LogP contribution in [0.5, 0.6) is 11.5 Å². The lowest BCUT2D eigenvalue weighted by Crippen LogP contribution is -1.91. The van der Waals surface area contributed by atoms with Crippen molar-refractivity contribution in [3.05, 3.63) is 23.2 Å². The van der Waals surface area contributed by atoms with Crippen LogP contribution in [-0.2, 0) is 0 Å². The van der Waals surface area contributed by atoms with Crippen LogP contribution in [0.1, 0.15) is 6.92 Å². The quantitative estimate of drug-likeness (QED) is 0.743. The number of benzene rings is 1. The Hall–Kier alpha value is -0.890. The lowest BCUT2D eigenvalue weighted by atomic mass is 10.3. The van der Waals surface area contributed by atoms with Crippen molar-refractivity contribution in [1.29, 1.82) is 0 Å². The van der Waals surface area contributed by atoms with Crippen molar-refractivity contribution in [2.75, 3.05) is 6.61 Å². The third-order valence-corrected chi connectivity index (χ3v) is 1.53. The van der Waals surface area contributed by atoms with Crippen LogP contribution in [0.4, 0.5) is 0 Å². The average molecular weight is 173 g/mol. The molecule has 0 saturated carbocycles. The van der Waals surface area contributed by atoms with Crippen LogP contribution in [0.3, 0.4) is 0 Å². The highest BCUT2D eigenvalue weighted by Gasteiger charge is 2.00. The molecule has 1 aromatic carbocycles. The molecule has 1 rings (SSSR count). The Kier molecular flexibility index (Phi) is 2.60. The molecule has 0 fully saturated rings. The standard InChI is InChI=1S/C8H9ClO2/c1-2-11-8-5-6(10)3-4-7(8)9/h3-5,10H,2H2,1H3. The predicted octanol–water partition coefficient (Wildman–Crippen LogP) is 2.44. The number of rotatable bonds is 2. The predicted molar refractivity (Wildman–Crippen MR) is 44.3 cm³/mol. The highest BCUT2D eigenvalue weighted by atomic mass is 35.5. The van der Waals surface area contributed by atoms with Gasteiger partial charge in [0.15, 0.2) is 0 Å². The van der Waals surface area contributed by atoms with Crippen molar-refractivity contribution in [1.82, 2.24) is 0 Å². The molecule has 1 aromatic rings. The molecule has 3 heteroatoms. The van der Waals surface area contributed by atoms with Gasteiger partial charge in [-0.05, 0) is 19.1 Å². The largest absolute Gasteiger partial charge is 0.508 e. The Labute approximate surface area is 70.4 Å². The minimum absolute atomic E-state index is 0.165. The average Bonchev–Trinajstić information content (AvgIpc) is 1.98. The SMILES string of the molecule is CCOc1cc(O)ccc1Cl. The summed E-state index contributed by atoms with van der Waals surface area (Å²) in [7, 11) is 0. The van der Waals surface area contributed by atoms with E-state index in [0.717, 1.165) is 0 Å². The summed E-state index contributed by atoms with van der Waals surface area (Å²) in [6, 6.07) is 4.61. The summed E-state index contributed by atoms with van der Waals surface area (Å²) in [6.45, 7) is 2.41. The fraction of sp³-hybridized carbons (Fsp3) is 0.250. The van der Waals surface area contributed by atoms with Gasteiger partial charge in [0.25, 0.3) is 0 Å². The lowest BCUT2D eigenvalue weighted by Gasteiger charge is -2.04. The first kappa shape index (κ1) is 8.21. The minimum atomic E-state index is 0.165. The van der Waals surface area contributed by atoms with E-state index in [4.69, 9.17) is 21.4 Å². The second kappa shape index (κ2) is 3.49. The molecule has 0 bridgehead atoms. The smallest absolute Gasteiger partial charge is 0.141 e. The molecule has 0 saturated heterocycles. The van der Waals surface area contributed by atoms with Gasteiger partial charge in [-0.2, -0.15) is 0 Å². The summed E-state index contributed by atoms with van der Waals surface area (Å²) in [5.41, 5.74) is 0. The zero-order valence-electron chi connectivity index (χ0n) is 6.17. The molecule has 0 unspecified atom stereocenters. The van der Waals surface area contributed by atoms with E-state index in [1.807, 2.05) is 6.92 Å². The van der Waals surface area contributed by atoms with Gasteiger partial charge >= 0.3 is 0 Å². The van der Waals surface area contributed by atoms with Crippen LogP contribution >= 0.6 is 11.6 Å². The van der Waals surface area contributed by atoms with Crippen LogP contribution in [-0.4, -0.2) is 11.7 Å². The van der Waals surface area contributed by atoms with Crippen molar-refractivity contribution in [2.24, 2.45) is 0 Å². The van der Waals surface area contributed by atoms with Gasteiger partial charge < -0.3 is 9.84 Å². The van der Waals surface area contributed by atoms with Gasteiger partial charge in [-0.25, -0.2) is 0 Å². The van der Waals surface area contributed by atoms with Crippen LogP contribution in [0.15, 0.2) is 18.2 Å². The monoisotopic (exact) mass is 172 g/mol. The Morgan fingerprint density at radius 3 is 2.91 bits per heavy atom. The molecule has 1 N–H and O–H groups in total. The number of halogens is 1. The van der Waals surface area contributed by atoms with Crippen molar-refractivity contribution < 1.29 is 9.84 Å². The lowest BCUT2D eigenvalue weighted by molar-refractivity contribution is 0.338. The Balaban J connectivity index is 2.93. The number of aromatic hydroxyl groups is 1. The zero-order chi connectivity index (χ0) is 8.27. The topological polar surface area (TPSA) is 29.5 Å². The van der Waals surface area contributed by atoms with Crippen LogP contribution in [0, 0.1) is 0 Å². The number of hydrogen-bond donors (Lipinski definition) is 1. The van der Waals surface area contributed by atoms with Crippen LogP contribution < -0.4 is 4.74 Å². The Morgan fingerprint density at radius 1 is 1.55 bits per heavy atom. The normalized spacial score (nSPS) is 9.64. The van der Waals surface area contributed by atoms with Gasteiger partial charge in [0.1, 0.15) is 11.5 Å². The molecule has 2 nitrogen and oxygen atoms in total. The zero-order valence-corrected chi connectivity index (χ0v) is 6.93. The first-order valence-corrected chi connectivity index (χ1v) is 3.73. The van der Waals surface area contributed by atoms with Gasteiger partial charge in [-0.1, -0.05) is 11.6 Å². The van der Waals surface area contributed by atoms with Gasteiger partial charge in [0.05, 0.1) is 11.6 Å². The van der Waals surface area contributed by atoms with Crippen molar-refractivity contribution >= 4 is 11.6 Å². The molecule has 60 valence electrons. The molecule has 0 atom stereocenters. The number of hydrogen-bond acceptors (Lipinski definition) is 2. The van der Waals surface area contributed by atoms with E-state index in [2.05, 4.69) is 0 Å². The van der Waals surface area contributed by atoms with E-state index in [-0.39, 0.29) is 5.75 Å². The Bertz CT molecular complexity index is 248. The maximum Gasteiger partial charge on any atom is 0.141 e. The second-order valence-corrected chi connectivity index (χ2v) is 2.45. The van der Waals surface area contributed by atoms with Crippen molar-refractivity contribution in [2.45, 2.75) is 6.92 Å². The minimum Gasteiger partial charge on any atom is -0.508 e. The third-order valence-electron chi connectivity index (χ3n) is 1.21. The van der Waals surface area contributed by atoms with E-state index < -0.39 is 0 Å². The summed E-state index contributed by atoms with van der Waals surface area (Å²) in [6.07, 6.45) is 0. The van der Waals surface area contributed by atoms with Crippen LogP contribution in [0.2, 0.25) is 5.02 Å². The van der Waals surface area contributed by atoms with Gasteiger partial charge in [0, 0.05) is 6.07 Å². The van der Waals surface area contributed by atoms with Crippen molar-refractivity contribution in [3.63, 3.8) is 0 Å². The van der Waals surface area contributed by atoms with E-state index in [1.165, 1.54) is 12.1 Å². The molecule has 11 heavy (non-hydrogen) atoms. The van der Waals surface area contributed by atoms with E-state index in [9.17, 15) is 0 Å². The summed E-state index contributed by atoms with van der Waals surface area (Å²) in [5.74, 6) is 0.687. The van der Waals surface area contributed by atoms with E-state index in [0.29, 0.717) is 17.4 Å². The van der Waals surface area contributed by atoms with E-state index >= 15 is 0 Å². The summed E-state index contributed by atoms with van der Waals surface area (Å²) < 4.78 is 5.13. The molecule has 0 amide bonds. The molecule has 0 aromatic heterocycles. The summed E-state index contributed by atoms with van der Waals surface area (Å²) in [4.78, 5) is 0. The third kappa shape index (κ3) is 2.02. The molecular formula is C8H9ClO2. The molecule has 0 heterocycles. The molecule has 0 aliphatic carbocycles. The maximum atomic E-state index is 9.03. The van der Waals surface area contributed by atoms with Gasteiger partial charge in [-0.3, -0.25) is 0 Å². The molecule has 0 aliphatic rings. The number of phenolic OH excluding ortho intramolecular Hbond substituents is 1. The first-order valence-electron chi connectivity index (χ1n) is 3.35. The second-order valence-electron chi connectivity index (χ2n) is 2.05. The molecular weight excluding hydrogens is 164 g/mol. The maximum absolute atomic E-state index is 9.03. The van der Waals surface area contributed by atoms with E-state index in [1.54, 1.807) is 6.07 Å². The number of ether oxygens (including phenoxy) is 1. The highest BCUT2D eigenvalue weighted by molar-refractivity contribution is 6.32. The fourth-order valence-electron chi connectivity index (χ4n) is 0.758. The Morgan fingerprint density at radius 2 is 2.27 bits per heavy atom.